The predicted molar refractivity (Wildman–Crippen MR) is 104 cm³/mol. The van der Waals surface area contributed by atoms with Gasteiger partial charge in [-0.1, -0.05) is 6.07 Å². The van der Waals surface area contributed by atoms with Crippen LogP contribution in [-0.4, -0.2) is 50.9 Å². The molecule has 0 unspecified atom stereocenters. The summed E-state index contributed by atoms with van der Waals surface area (Å²) >= 11 is 0. The molecule has 0 saturated carbocycles. The maximum atomic E-state index is 13.0. The number of carbonyl (C=O) groups excluding carboxylic acids is 2. The van der Waals surface area contributed by atoms with Crippen molar-refractivity contribution in [3.05, 3.63) is 53.5 Å². The highest BCUT2D eigenvalue weighted by Crippen LogP contribution is 2.25. The summed E-state index contributed by atoms with van der Waals surface area (Å²) in [5, 5.41) is 7.34. The van der Waals surface area contributed by atoms with Crippen molar-refractivity contribution >= 4 is 17.3 Å². The maximum Gasteiger partial charge on any atom is 0.257 e. The van der Waals surface area contributed by atoms with Gasteiger partial charge in [-0.3, -0.25) is 14.6 Å². The third-order valence-electron chi connectivity index (χ3n) is 5.57. The Kier molecular flexibility index (Phi) is 4.07. The topological polar surface area (TPSA) is 79.6 Å². The number of likely N-dealkylation sites (tertiary alicyclic amines) is 1. The summed E-state index contributed by atoms with van der Waals surface area (Å²) in [6, 6.07) is 7.61. The Balaban J connectivity index is 1.57. The molecule has 7 nitrogen and oxygen atoms in total. The number of nitrogens with one attached hydrogen (secondary N) is 1. The van der Waals surface area contributed by atoms with E-state index in [9.17, 15) is 9.59 Å². The molecule has 5 rings (SSSR count). The van der Waals surface area contributed by atoms with Gasteiger partial charge in [-0.15, -0.1) is 0 Å². The Bertz CT molecular complexity index is 1080. The number of pyridine rings is 2. The van der Waals surface area contributed by atoms with Gasteiger partial charge in [-0.05, 0) is 37.5 Å². The first-order valence-electron chi connectivity index (χ1n) is 9.76. The lowest BCUT2D eigenvalue weighted by molar-refractivity contribution is 0.0726. The van der Waals surface area contributed by atoms with Crippen molar-refractivity contribution in [3.63, 3.8) is 0 Å². The van der Waals surface area contributed by atoms with Crippen LogP contribution in [0.15, 0.2) is 36.7 Å². The lowest BCUT2D eigenvalue weighted by atomic mass is 10.0. The summed E-state index contributed by atoms with van der Waals surface area (Å²) in [5.41, 5.74) is 4.44. The van der Waals surface area contributed by atoms with E-state index in [1.54, 1.807) is 16.9 Å². The molecule has 0 aromatic carbocycles. The van der Waals surface area contributed by atoms with Crippen LogP contribution in [0.5, 0.6) is 0 Å². The highest BCUT2D eigenvalue weighted by molar-refractivity contribution is 6.01. The minimum atomic E-state index is -0.0933. The summed E-state index contributed by atoms with van der Waals surface area (Å²) in [6.07, 6.45) is 7.45. The van der Waals surface area contributed by atoms with E-state index >= 15 is 0 Å². The van der Waals surface area contributed by atoms with Crippen LogP contribution in [0.3, 0.4) is 0 Å². The zero-order valence-corrected chi connectivity index (χ0v) is 15.5. The molecular formula is C21H21N5O2. The van der Waals surface area contributed by atoms with Crippen LogP contribution in [-0.2, 0) is 6.42 Å². The minimum absolute atomic E-state index is 0.0368. The van der Waals surface area contributed by atoms with Crippen LogP contribution in [0.2, 0.25) is 0 Å². The van der Waals surface area contributed by atoms with Gasteiger partial charge in [0.1, 0.15) is 0 Å². The van der Waals surface area contributed by atoms with Gasteiger partial charge in [0.2, 0.25) is 0 Å². The second-order valence-electron chi connectivity index (χ2n) is 7.34. The zero-order valence-electron chi connectivity index (χ0n) is 15.5. The van der Waals surface area contributed by atoms with Gasteiger partial charge in [0.05, 0.1) is 34.2 Å². The van der Waals surface area contributed by atoms with E-state index in [2.05, 4.69) is 15.4 Å². The van der Waals surface area contributed by atoms with Gasteiger partial charge >= 0.3 is 0 Å². The predicted octanol–water partition coefficient (Wildman–Crippen LogP) is 2.31. The van der Waals surface area contributed by atoms with Crippen molar-refractivity contribution in [2.45, 2.75) is 25.7 Å². The Hall–Kier alpha value is -3.22. The van der Waals surface area contributed by atoms with Gasteiger partial charge in [-0.2, -0.15) is 5.10 Å². The molecule has 0 atom stereocenters. The number of aromatic nitrogens is 3. The van der Waals surface area contributed by atoms with E-state index in [4.69, 9.17) is 0 Å². The molecule has 3 aromatic heterocycles. The summed E-state index contributed by atoms with van der Waals surface area (Å²) in [7, 11) is 0. The van der Waals surface area contributed by atoms with Crippen molar-refractivity contribution in [2.75, 3.05) is 19.6 Å². The molecule has 5 heterocycles. The molecule has 3 aromatic rings. The molecule has 0 spiro atoms. The SMILES string of the molecule is O=C1NCCc2ncc(-c3cccc4c(C(=O)N5CCCCC5)cnn34)cc21. The normalized spacial score (nSPS) is 16.7. The molecule has 2 amide bonds. The van der Waals surface area contributed by atoms with Crippen molar-refractivity contribution in [1.29, 1.82) is 0 Å². The van der Waals surface area contributed by atoms with Gasteiger partial charge in [0.15, 0.2) is 0 Å². The number of nitrogens with zero attached hydrogens (tertiary/aromatic N) is 4. The van der Waals surface area contributed by atoms with Crippen molar-refractivity contribution in [1.82, 2.24) is 24.8 Å². The molecule has 142 valence electrons. The summed E-state index contributed by atoms with van der Waals surface area (Å²) in [4.78, 5) is 31.5. The monoisotopic (exact) mass is 375 g/mol. The van der Waals surface area contributed by atoms with Crippen LogP contribution in [0.25, 0.3) is 16.8 Å². The second-order valence-corrected chi connectivity index (χ2v) is 7.34. The number of carbonyl (C=O) groups is 2. The third kappa shape index (κ3) is 2.74. The second kappa shape index (κ2) is 6.74. The fraction of sp³-hybridized carbons (Fsp3) is 0.333. The Labute approximate surface area is 162 Å². The summed E-state index contributed by atoms with van der Waals surface area (Å²) in [5.74, 6) is -0.0565. The number of hydrogen-bond acceptors (Lipinski definition) is 4. The van der Waals surface area contributed by atoms with Gasteiger partial charge < -0.3 is 10.2 Å². The Morgan fingerprint density at radius 2 is 1.96 bits per heavy atom. The van der Waals surface area contributed by atoms with Crippen LogP contribution >= 0.6 is 0 Å². The molecule has 1 saturated heterocycles. The molecule has 0 bridgehead atoms. The number of rotatable bonds is 2. The molecule has 2 aliphatic heterocycles. The highest BCUT2D eigenvalue weighted by Gasteiger charge is 2.23. The van der Waals surface area contributed by atoms with Crippen LogP contribution < -0.4 is 5.32 Å². The molecule has 1 fully saturated rings. The highest BCUT2D eigenvalue weighted by atomic mass is 16.2. The number of amides is 2. The fourth-order valence-electron chi connectivity index (χ4n) is 4.08. The van der Waals surface area contributed by atoms with Crippen LogP contribution in [0, 0.1) is 0 Å². The average Bonchev–Trinajstić information content (AvgIpc) is 3.18. The average molecular weight is 375 g/mol. The van der Waals surface area contributed by atoms with Crippen molar-refractivity contribution in [2.24, 2.45) is 0 Å². The van der Waals surface area contributed by atoms with Crippen molar-refractivity contribution in [3.8, 4) is 11.3 Å². The quantitative estimate of drug-likeness (QED) is 0.745. The lowest BCUT2D eigenvalue weighted by Crippen LogP contribution is -2.35. The summed E-state index contributed by atoms with van der Waals surface area (Å²) in [6.45, 7) is 2.23. The Morgan fingerprint density at radius 3 is 2.82 bits per heavy atom. The first kappa shape index (κ1) is 16.9. The fourth-order valence-corrected chi connectivity index (χ4v) is 4.08. The molecule has 1 N–H and O–H groups in total. The Morgan fingerprint density at radius 1 is 1.11 bits per heavy atom. The van der Waals surface area contributed by atoms with E-state index in [0.717, 1.165) is 54.8 Å². The largest absolute Gasteiger partial charge is 0.352 e. The van der Waals surface area contributed by atoms with E-state index in [1.807, 2.05) is 29.2 Å². The molecule has 7 heteroatoms. The van der Waals surface area contributed by atoms with Gasteiger partial charge in [0, 0.05) is 37.8 Å². The van der Waals surface area contributed by atoms with Crippen LogP contribution in [0.1, 0.15) is 45.7 Å². The first-order valence-corrected chi connectivity index (χ1v) is 9.76. The number of hydrogen-bond donors (Lipinski definition) is 1. The van der Waals surface area contributed by atoms with Crippen LogP contribution in [0.4, 0.5) is 0 Å². The maximum absolute atomic E-state index is 13.0. The van der Waals surface area contributed by atoms with E-state index in [-0.39, 0.29) is 11.8 Å². The molecular weight excluding hydrogens is 354 g/mol. The minimum Gasteiger partial charge on any atom is -0.352 e. The van der Waals surface area contributed by atoms with E-state index < -0.39 is 0 Å². The zero-order chi connectivity index (χ0) is 19.1. The third-order valence-corrected chi connectivity index (χ3v) is 5.57. The first-order chi connectivity index (χ1) is 13.7. The molecule has 28 heavy (non-hydrogen) atoms. The number of piperidine rings is 1. The molecule has 2 aliphatic rings. The van der Waals surface area contributed by atoms with Gasteiger partial charge in [-0.25, -0.2) is 4.52 Å². The van der Waals surface area contributed by atoms with Crippen molar-refractivity contribution < 1.29 is 9.59 Å². The smallest absolute Gasteiger partial charge is 0.257 e. The van der Waals surface area contributed by atoms with Gasteiger partial charge in [0.25, 0.3) is 11.8 Å². The number of fused-ring (bicyclic) bond motifs is 2. The molecule has 0 radical (unpaired) electrons. The van der Waals surface area contributed by atoms with E-state index in [1.165, 1.54) is 6.42 Å². The standard InChI is InChI=1S/C21H21N5O2/c27-20-15-11-14(12-23-17(15)7-8-22-20)18-5-4-6-19-16(13-24-26(18)19)21(28)25-9-2-1-3-10-25/h4-6,11-13H,1-3,7-10H2,(H,22,27). The lowest BCUT2D eigenvalue weighted by Gasteiger charge is -2.26. The summed E-state index contributed by atoms with van der Waals surface area (Å²) < 4.78 is 1.77. The molecule has 0 aliphatic carbocycles. The van der Waals surface area contributed by atoms with E-state index in [0.29, 0.717) is 17.7 Å².